The van der Waals surface area contributed by atoms with E-state index in [2.05, 4.69) is 16.0 Å². The van der Waals surface area contributed by atoms with Crippen LogP contribution in [0, 0.1) is 0 Å². The number of carbonyl (C=O) groups is 6. The molecule has 4 aromatic rings. The van der Waals surface area contributed by atoms with Crippen molar-refractivity contribution in [3.63, 3.8) is 0 Å². The average molecular weight is 1000 g/mol. The van der Waals surface area contributed by atoms with Crippen molar-refractivity contribution in [2.75, 3.05) is 41.8 Å². The molecule has 5 amide bonds. The van der Waals surface area contributed by atoms with E-state index in [1.807, 2.05) is 56.3 Å². The summed E-state index contributed by atoms with van der Waals surface area (Å²) >= 11 is 6.33. The molecule has 0 aromatic heterocycles. The van der Waals surface area contributed by atoms with Gasteiger partial charge < -0.3 is 30.5 Å². The molecule has 9 rings (SSSR count). The Hall–Kier alpha value is -6.41. The van der Waals surface area contributed by atoms with Gasteiger partial charge in [-0.2, -0.15) is 15.2 Å². The maximum absolute atomic E-state index is 14.1. The number of thiol groups is 1. The molecule has 5 aliphatic heterocycles. The van der Waals surface area contributed by atoms with E-state index in [1.165, 1.54) is 9.21 Å². The number of urea groups is 1. The molecule has 0 radical (unpaired) electrons. The summed E-state index contributed by atoms with van der Waals surface area (Å²) in [5, 5.41) is 31.3. The third-order valence-corrected chi connectivity index (χ3v) is 18.1. The van der Waals surface area contributed by atoms with Crippen LogP contribution >= 0.6 is 22.5 Å². The molecule has 2 unspecified atom stereocenters. The lowest BCUT2D eigenvalue weighted by molar-refractivity contribution is -0.141. The molecule has 17 nitrogen and oxygen atoms in total. The molecule has 0 saturated carbocycles. The Labute approximate surface area is 405 Å². The number of sulfonamides is 1. The summed E-state index contributed by atoms with van der Waals surface area (Å²) in [6.07, 6.45) is 2.74. The highest BCUT2D eigenvalue weighted by molar-refractivity contribution is 8.24. The molecule has 3 saturated heterocycles. The van der Waals surface area contributed by atoms with Crippen molar-refractivity contribution in [1.82, 2.24) is 14.5 Å². The number of anilines is 3. The fraction of sp³-hybridized carbons (Fsp3) is 0.347. The minimum absolute atomic E-state index is 0.0370. The molecule has 69 heavy (non-hydrogen) atoms. The maximum Gasteiger partial charge on any atom is 0.344 e. The van der Waals surface area contributed by atoms with Crippen LogP contribution in [0.4, 0.5) is 21.9 Å². The first-order valence-corrected chi connectivity index (χ1v) is 26.0. The zero-order valence-corrected chi connectivity index (χ0v) is 40.2. The number of piperidine rings is 3. The molecule has 4 aromatic carbocycles. The van der Waals surface area contributed by atoms with E-state index in [0.29, 0.717) is 71.9 Å². The van der Waals surface area contributed by atoms with Gasteiger partial charge in [0.25, 0.3) is 5.91 Å². The quantitative estimate of drug-likeness (QED) is 0.0585. The van der Waals surface area contributed by atoms with E-state index in [0.717, 1.165) is 16.3 Å². The highest BCUT2D eigenvalue weighted by Crippen LogP contribution is 2.55. The molecular formula is C49H51ClN6O11S2. The molecule has 3 fully saturated rings. The summed E-state index contributed by atoms with van der Waals surface area (Å²) in [6.45, 7) is 4.23. The number of hydrogen-bond donors (Lipinski definition) is 6. The standard InChI is InChI=1S/C49H51ClN6O11S2/c1-49(2)24-32(51-31-8-4-9-33(23-31)68-26-37(50)43(44(68)47(62)63)67-25-41(58)59)18-21-55(49)69(65,66)27-28-6-3-7-30(22-28)52-48(64)54-19-16-29(17-20-54)34-12-13-36-42-35(34)10-5-11-38(42)56(46(36)61)39-14-15-40(57)53-45(39)60/h3-13,22-23,26,29,32,39,51,68H,14-21,24-25,27H2,1-2H3,(H,52,64)(H,58,59)(H,62,63)(H,53,57,60)/t32-,39?/m0/s1. The van der Waals surface area contributed by atoms with Gasteiger partial charge in [0.15, 0.2) is 12.4 Å². The number of carbonyl (C=O) groups excluding carboxylic acids is 4. The number of amides is 5. The summed E-state index contributed by atoms with van der Waals surface area (Å²) in [5.41, 5.74) is 3.19. The number of nitrogens with zero attached hydrogens (tertiary/aromatic N) is 3. The van der Waals surface area contributed by atoms with Gasteiger partial charge in [-0.25, -0.2) is 22.8 Å². The zero-order valence-electron chi connectivity index (χ0n) is 37.7. The Kier molecular flexibility index (Phi) is 13.0. The Balaban J connectivity index is 0.800. The maximum atomic E-state index is 14.1. The number of halogens is 1. The van der Waals surface area contributed by atoms with E-state index in [1.54, 1.807) is 46.7 Å². The van der Waals surface area contributed by atoms with Gasteiger partial charge in [-0.1, -0.05) is 48.0 Å². The van der Waals surface area contributed by atoms with Crippen molar-refractivity contribution < 1.29 is 52.1 Å². The van der Waals surface area contributed by atoms with E-state index in [4.69, 9.17) is 21.4 Å². The minimum atomic E-state index is -3.82. The zero-order chi connectivity index (χ0) is 48.9. The van der Waals surface area contributed by atoms with Crippen LogP contribution in [0.15, 0.2) is 105 Å². The summed E-state index contributed by atoms with van der Waals surface area (Å²) in [7, 11) is -5.42. The van der Waals surface area contributed by atoms with Gasteiger partial charge in [-0.3, -0.25) is 24.6 Å². The number of rotatable bonds is 13. The SMILES string of the molecule is CC1(C)C[C@@H](Nc2cccc([SH]3C=C(Cl)C(OCC(=O)O)=C3C(=O)O)c2)CCN1S(=O)(=O)Cc1cccc(NC(=O)N2CCC(c3ccc4c5c(cccc35)N(C3CCC(=O)NC3=O)C4=O)CC2)c1. The van der Waals surface area contributed by atoms with Crippen molar-refractivity contribution in [2.24, 2.45) is 0 Å². The summed E-state index contributed by atoms with van der Waals surface area (Å²) in [4.78, 5) is 79.1. The number of aliphatic carboxylic acids is 2. The lowest BCUT2D eigenvalue weighted by atomic mass is 9.85. The number of benzene rings is 4. The summed E-state index contributed by atoms with van der Waals surface area (Å²) in [6, 6.07) is 22.4. The van der Waals surface area contributed by atoms with E-state index < -0.39 is 57.0 Å². The Bertz CT molecular complexity index is 3010. The van der Waals surface area contributed by atoms with Crippen LogP contribution in [0.1, 0.15) is 79.8 Å². The van der Waals surface area contributed by atoms with Gasteiger partial charge in [0.2, 0.25) is 21.8 Å². The Morgan fingerprint density at radius 1 is 0.913 bits per heavy atom. The number of imide groups is 1. The number of carboxylic acid groups (broad SMARTS) is 2. The van der Waals surface area contributed by atoms with Crippen LogP contribution in [0.3, 0.4) is 0 Å². The van der Waals surface area contributed by atoms with Gasteiger partial charge in [0.05, 0.1) is 16.5 Å². The number of carboxylic acids is 2. The third-order valence-electron chi connectivity index (χ3n) is 13.4. The molecule has 5 heterocycles. The topological polar surface area (TPSA) is 232 Å². The molecular weight excluding hydrogens is 948 g/mol. The number of ether oxygens (including phenoxy) is 1. The lowest BCUT2D eigenvalue weighted by Gasteiger charge is -2.45. The molecule has 0 aliphatic carbocycles. The van der Waals surface area contributed by atoms with Gasteiger partial charge in [-0.05, 0) is 121 Å². The van der Waals surface area contributed by atoms with E-state index in [-0.39, 0.29) is 70.6 Å². The molecule has 20 heteroatoms. The van der Waals surface area contributed by atoms with Crippen LogP contribution in [0.25, 0.3) is 10.8 Å². The van der Waals surface area contributed by atoms with Crippen molar-refractivity contribution in [3.05, 3.63) is 117 Å². The number of nitrogens with one attached hydrogen (secondary N) is 3. The minimum Gasteiger partial charge on any atom is -0.479 e. The first-order chi connectivity index (χ1) is 32.9. The third kappa shape index (κ3) is 9.52. The highest BCUT2D eigenvalue weighted by Gasteiger charge is 2.43. The summed E-state index contributed by atoms with van der Waals surface area (Å²) in [5.74, 6) is -3.93. The summed E-state index contributed by atoms with van der Waals surface area (Å²) < 4.78 is 35.0. The molecule has 5 aliphatic rings. The second-order valence-electron chi connectivity index (χ2n) is 18.5. The molecule has 5 N–H and O–H groups in total. The second kappa shape index (κ2) is 18.8. The van der Waals surface area contributed by atoms with E-state index in [9.17, 15) is 42.3 Å². The van der Waals surface area contributed by atoms with Crippen LogP contribution in [-0.2, 0) is 39.7 Å². The molecule has 0 bridgehead atoms. The second-order valence-corrected chi connectivity index (χ2v) is 22.7. The number of hydrogen-bond acceptors (Lipinski definition) is 10. The highest BCUT2D eigenvalue weighted by atomic mass is 35.5. The average Bonchev–Trinajstić information content (AvgIpc) is 3.78. The molecule has 0 spiro atoms. The Morgan fingerprint density at radius 2 is 1.65 bits per heavy atom. The van der Waals surface area contributed by atoms with Crippen LogP contribution in [0.2, 0.25) is 0 Å². The van der Waals surface area contributed by atoms with Gasteiger partial charge in [-0.15, -0.1) is 0 Å². The molecule has 3 atom stereocenters. The molecule has 362 valence electrons. The first-order valence-electron chi connectivity index (χ1n) is 22.6. The van der Waals surface area contributed by atoms with Crippen molar-refractivity contribution in [1.29, 1.82) is 0 Å². The Morgan fingerprint density at radius 3 is 2.38 bits per heavy atom. The van der Waals surface area contributed by atoms with Crippen molar-refractivity contribution in [2.45, 2.75) is 86.6 Å². The predicted molar refractivity (Wildman–Crippen MR) is 262 cm³/mol. The smallest absolute Gasteiger partial charge is 0.344 e. The monoisotopic (exact) mass is 998 g/mol. The fourth-order valence-electron chi connectivity index (χ4n) is 10.4. The predicted octanol–water partition coefficient (Wildman–Crippen LogP) is 7.05. The lowest BCUT2D eigenvalue weighted by Crippen LogP contribution is -2.55. The number of allylic oxidation sites excluding steroid dienone is 1. The number of likely N-dealkylation sites (tertiary alicyclic amines) is 1. The normalized spacial score (nSPS) is 22.4. The largest absolute Gasteiger partial charge is 0.479 e. The van der Waals surface area contributed by atoms with Gasteiger partial charge >= 0.3 is 18.0 Å². The first kappa shape index (κ1) is 47.6. The van der Waals surface area contributed by atoms with Crippen LogP contribution in [-0.4, -0.2) is 107 Å². The van der Waals surface area contributed by atoms with Crippen LogP contribution < -0.4 is 20.9 Å². The van der Waals surface area contributed by atoms with E-state index >= 15 is 0 Å². The van der Waals surface area contributed by atoms with Crippen molar-refractivity contribution >= 4 is 96.0 Å². The van der Waals surface area contributed by atoms with Gasteiger partial charge in [0.1, 0.15) is 10.9 Å². The van der Waals surface area contributed by atoms with Crippen molar-refractivity contribution in [3.8, 4) is 0 Å². The van der Waals surface area contributed by atoms with Gasteiger partial charge in [0, 0.05) is 60.0 Å². The van der Waals surface area contributed by atoms with Crippen LogP contribution in [0.5, 0.6) is 0 Å². The fourth-order valence-corrected chi connectivity index (χ4v) is 14.9.